The minimum Gasteiger partial charge on any atom is -0.478 e. The van der Waals surface area contributed by atoms with Crippen molar-refractivity contribution in [2.24, 2.45) is 5.92 Å². The van der Waals surface area contributed by atoms with Gasteiger partial charge in [0.15, 0.2) is 0 Å². The summed E-state index contributed by atoms with van der Waals surface area (Å²) >= 11 is 0. The number of carbonyl (C=O) groups excluding carboxylic acids is 1. The summed E-state index contributed by atoms with van der Waals surface area (Å²) in [6.07, 6.45) is 0.518. The number of carbonyl (C=O) groups is 2. The minimum atomic E-state index is -0.936. The van der Waals surface area contributed by atoms with E-state index < -0.39 is 5.97 Å². The fraction of sp³-hybridized carbons (Fsp3) is 0.500. The van der Waals surface area contributed by atoms with Crippen molar-refractivity contribution >= 4 is 11.8 Å². The van der Waals surface area contributed by atoms with Gasteiger partial charge in [-0.3, -0.25) is 4.79 Å². The highest BCUT2D eigenvalue weighted by molar-refractivity contribution is 5.90. The Morgan fingerprint density at radius 3 is 2.35 bits per heavy atom. The number of ketones is 1. The lowest BCUT2D eigenvalue weighted by atomic mass is 9.69. The van der Waals surface area contributed by atoms with E-state index in [4.69, 9.17) is 9.84 Å². The predicted octanol–water partition coefficient (Wildman–Crippen LogP) is 2.87. The van der Waals surface area contributed by atoms with Gasteiger partial charge in [0.05, 0.1) is 17.8 Å². The zero-order chi connectivity index (χ0) is 14.9. The molecule has 4 nitrogen and oxygen atoms in total. The number of carboxylic acid groups (broad SMARTS) is 1. The van der Waals surface area contributed by atoms with Gasteiger partial charge in [-0.25, -0.2) is 4.79 Å². The standard InChI is InChI=1S/C16H20O4/c1-16(2,3)20-9-13-12(8-14(13)17)10-4-6-11(7-5-10)15(18)19/h4-7,12-13H,8-9H2,1-3H3,(H,18,19). The van der Waals surface area contributed by atoms with Crippen LogP contribution in [0.25, 0.3) is 0 Å². The van der Waals surface area contributed by atoms with Gasteiger partial charge >= 0.3 is 5.97 Å². The Labute approximate surface area is 118 Å². The Morgan fingerprint density at radius 1 is 1.30 bits per heavy atom. The number of benzene rings is 1. The van der Waals surface area contributed by atoms with Crippen molar-refractivity contribution in [1.82, 2.24) is 0 Å². The van der Waals surface area contributed by atoms with Gasteiger partial charge in [0.25, 0.3) is 0 Å². The maximum Gasteiger partial charge on any atom is 0.335 e. The molecule has 1 aliphatic rings. The zero-order valence-corrected chi connectivity index (χ0v) is 12.1. The van der Waals surface area contributed by atoms with E-state index in [1.165, 1.54) is 0 Å². The molecule has 0 bridgehead atoms. The normalized spacial score (nSPS) is 22.4. The summed E-state index contributed by atoms with van der Waals surface area (Å²) < 4.78 is 5.70. The SMILES string of the molecule is CC(C)(C)OCC1C(=O)CC1c1ccc(C(=O)O)cc1. The fourth-order valence-corrected chi connectivity index (χ4v) is 2.35. The predicted molar refractivity (Wildman–Crippen MR) is 75.0 cm³/mol. The molecule has 0 aliphatic heterocycles. The zero-order valence-electron chi connectivity index (χ0n) is 12.1. The molecule has 2 rings (SSSR count). The van der Waals surface area contributed by atoms with E-state index in [2.05, 4.69) is 0 Å². The molecule has 2 unspecified atom stereocenters. The van der Waals surface area contributed by atoms with E-state index in [0.717, 1.165) is 5.56 Å². The van der Waals surface area contributed by atoms with E-state index >= 15 is 0 Å². The third-order valence-electron chi connectivity index (χ3n) is 3.60. The average Bonchev–Trinajstić information content (AvgIpc) is 2.34. The van der Waals surface area contributed by atoms with Crippen LogP contribution in [0.2, 0.25) is 0 Å². The molecule has 20 heavy (non-hydrogen) atoms. The van der Waals surface area contributed by atoms with E-state index in [-0.39, 0.29) is 28.8 Å². The first kappa shape index (κ1) is 14.7. The highest BCUT2D eigenvalue weighted by Gasteiger charge is 2.41. The molecule has 0 saturated heterocycles. The molecule has 1 aliphatic carbocycles. The largest absolute Gasteiger partial charge is 0.478 e. The van der Waals surface area contributed by atoms with Gasteiger partial charge in [-0.1, -0.05) is 12.1 Å². The van der Waals surface area contributed by atoms with Crippen LogP contribution in [0.3, 0.4) is 0 Å². The molecule has 2 atom stereocenters. The quantitative estimate of drug-likeness (QED) is 0.918. The molecule has 0 aromatic heterocycles. The smallest absolute Gasteiger partial charge is 0.335 e. The van der Waals surface area contributed by atoms with Crippen molar-refractivity contribution in [3.05, 3.63) is 35.4 Å². The second-order valence-corrected chi connectivity index (χ2v) is 6.23. The van der Waals surface area contributed by atoms with Crippen molar-refractivity contribution in [3.8, 4) is 0 Å². The topological polar surface area (TPSA) is 63.6 Å². The van der Waals surface area contributed by atoms with Crippen LogP contribution in [0, 0.1) is 5.92 Å². The van der Waals surface area contributed by atoms with E-state index in [1.807, 2.05) is 20.8 Å². The van der Waals surface area contributed by atoms with Gasteiger partial charge in [-0.15, -0.1) is 0 Å². The van der Waals surface area contributed by atoms with Crippen LogP contribution in [0.5, 0.6) is 0 Å². The molecule has 1 saturated carbocycles. The molecule has 0 radical (unpaired) electrons. The van der Waals surface area contributed by atoms with Crippen molar-refractivity contribution in [2.45, 2.75) is 38.7 Å². The molecular weight excluding hydrogens is 256 g/mol. The number of rotatable bonds is 4. The third-order valence-corrected chi connectivity index (χ3v) is 3.60. The molecule has 1 aromatic carbocycles. The molecule has 1 N–H and O–H groups in total. The highest BCUT2D eigenvalue weighted by Crippen LogP contribution is 2.40. The lowest BCUT2D eigenvalue weighted by molar-refractivity contribution is -0.137. The van der Waals surface area contributed by atoms with Gasteiger partial charge < -0.3 is 9.84 Å². The summed E-state index contributed by atoms with van der Waals surface area (Å²) in [5.41, 5.74) is 1.02. The van der Waals surface area contributed by atoms with Crippen molar-refractivity contribution < 1.29 is 19.4 Å². The molecule has 1 fully saturated rings. The summed E-state index contributed by atoms with van der Waals surface area (Å²) in [4.78, 5) is 22.6. The second kappa shape index (κ2) is 5.37. The summed E-state index contributed by atoms with van der Waals surface area (Å²) in [7, 11) is 0. The van der Waals surface area contributed by atoms with Gasteiger partial charge in [0, 0.05) is 18.3 Å². The van der Waals surface area contributed by atoms with E-state index in [0.29, 0.717) is 13.0 Å². The first-order valence-electron chi connectivity index (χ1n) is 6.78. The summed E-state index contributed by atoms with van der Waals surface area (Å²) in [6.45, 7) is 6.32. The number of ether oxygens (including phenoxy) is 1. The second-order valence-electron chi connectivity index (χ2n) is 6.23. The van der Waals surface area contributed by atoms with Crippen LogP contribution in [-0.2, 0) is 9.53 Å². The summed E-state index contributed by atoms with van der Waals surface area (Å²) in [5, 5.41) is 8.88. The van der Waals surface area contributed by atoms with E-state index in [1.54, 1.807) is 24.3 Å². The Hall–Kier alpha value is -1.68. The van der Waals surface area contributed by atoms with Crippen molar-refractivity contribution in [1.29, 1.82) is 0 Å². The molecule has 0 heterocycles. The lowest BCUT2D eigenvalue weighted by Crippen LogP contribution is -2.40. The monoisotopic (exact) mass is 276 g/mol. The van der Waals surface area contributed by atoms with Crippen molar-refractivity contribution in [3.63, 3.8) is 0 Å². The molecule has 0 amide bonds. The van der Waals surface area contributed by atoms with Gasteiger partial charge in [0.2, 0.25) is 0 Å². The van der Waals surface area contributed by atoms with Gasteiger partial charge in [-0.05, 0) is 38.5 Å². The van der Waals surface area contributed by atoms with Crippen LogP contribution >= 0.6 is 0 Å². The number of aromatic carboxylic acids is 1. The van der Waals surface area contributed by atoms with Crippen molar-refractivity contribution in [2.75, 3.05) is 6.61 Å². The Bertz CT molecular complexity index is 510. The van der Waals surface area contributed by atoms with Crippen LogP contribution in [0.1, 0.15) is 49.0 Å². The van der Waals surface area contributed by atoms with Gasteiger partial charge in [0.1, 0.15) is 5.78 Å². The van der Waals surface area contributed by atoms with E-state index in [9.17, 15) is 9.59 Å². The van der Waals surface area contributed by atoms with Crippen LogP contribution in [0.15, 0.2) is 24.3 Å². The Balaban J connectivity index is 2.05. The van der Waals surface area contributed by atoms with Gasteiger partial charge in [-0.2, -0.15) is 0 Å². The summed E-state index contributed by atoms with van der Waals surface area (Å²) in [6, 6.07) is 6.76. The number of Topliss-reactive ketones (excluding diaryl/α,β-unsaturated/α-hetero) is 1. The summed E-state index contributed by atoms with van der Waals surface area (Å²) in [5.74, 6) is -0.673. The molecule has 108 valence electrons. The molecule has 1 aromatic rings. The van der Waals surface area contributed by atoms with Crippen LogP contribution in [0.4, 0.5) is 0 Å². The minimum absolute atomic E-state index is 0.107. The molecule has 4 heteroatoms. The Morgan fingerprint density at radius 2 is 1.90 bits per heavy atom. The number of hydrogen-bond acceptors (Lipinski definition) is 3. The average molecular weight is 276 g/mol. The number of hydrogen-bond donors (Lipinski definition) is 1. The third kappa shape index (κ3) is 3.25. The molecule has 0 spiro atoms. The lowest BCUT2D eigenvalue weighted by Gasteiger charge is -2.37. The highest BCUT2D eigenvalue weighted by atomic mass is 16.5. The molecular formula is C16H20O4. The first-order chi connectivity index (χ1) is 9.28. The fourth-order valence-electron chi connectivity index (χ4n) is 2.35. The Kier molecular flexibility index (Phi) is 3.95. The number of carboxylic acids is 1. The first-order valence-corrected chi connectivity index (χ1v) is 6.78. The van der Waals surface area contributed by atoms with Crippen LogP contribution < -0.4 is 0 Å². The maximum atomic E-state index is 11.7. The van der Waals surface area contributed by atoms with Crippen LogP contribution in [-0.4, -0.2) is 29.1 Å². The maximum absolute atomic E-state index is 11.7.